The van der Waals surface area contributed by atoms with Crippen molar-refractivity contribution >= 4 is 17.1 Å². The molecular formula is C17H30O2S. The molecule has 2 nitrogen and oxygen atoms in total. The van der Waals surface area contributed by atoms with Gasteiger partial charge in [-0.1, -0.05) is 37.1 Å². The molecule has 0 saturated carbocycles. The van der Waals surface area contributed by atoms with Crippen LogP contribution in [0.3, 0.4) is 0 Å². The third kappa shape index (κ3) is 11.2. The summed E-state index contributed by atoms with van der Waals surface area (Å²) in [6.07, 6.45) is 9.87. The van der Waals surface area contributed by atoms with Crippen molar-refractivity contribution in [2.24, 2.45) is 0 Å². The van der Waals surface area contributed by atoms with E-state index in [4.69, 9.17) is 4.74 Å². The summed E-state index contributed by atoms with van der Waals surface area (Å²) < 4.78 is 5.28. The van der Waals surface area contributed by atoms with Crippen LogP contribution in [-0.2, 0) is 4.74 Å². The molecule has 0 aliphatic heterocycles. The van der Waals surface area contributed by atoms with E-state index in [0.717, 1.165) is 37.9 Å². The number of hydrogen-bond acceptors (Lipinski definition) is 3. The van der Waals surface area contributed by atoms with Gasteiger partial charge >= 0.3 is 5.30 Å². The largest absolute Gasteiger partial charge is 0.455 e. The van der Waals surface area contributed by atoms with Gasteiger partial charge in [0.15, 0.2) is 0 Å². The van der Waals surface area contributed by atoms with Gasteiger partial charge in [-0.25, -0.2) is 4.79 Å². The third-order valence-electron chi connectivity index (χ3n) is 3.21. The molecule has 0 aromatic rings. The number of hydrogen-bond donors (Lipinski definition) is 0. The zero-order valence-corrected chi connectivity index (χ0v) is 14.5. The van der Waals surface area contributed by atoms with Gasteiger partial charge in [-0.15, -0.1) is 0 Å². The van der Waals surface area contributed by atoms with Gasteiger partial charge in [0.2, 0.25) is 0 Å². The molecule has 0 heterocycles. The number of rotatable bonds is 9. The maximum absolute atomic E-state index is 11.3. The van der Waals surface area contributed by atoms with Crippen molar-refractivity contribution in [3.8, 4) is 0 Å². The molecule has 0 aliphatic rings. The maximum atomic E-state index is 11.3. The van der Waals surface area contributed by atoms with Gasteiger partial charge in [0.25, 0.3) is 0 Å². The Balaban J connectivity index is 3.84. The number of carbonyl (C=O) groups is 1. The fraction of sp³-hybridized carbons (Fsp3) is 0.706. The quantitative estimate of drug-likeness (QED) is 0.378. The Morgan fingerprint density at radius 1 is 1.15 bits per heavy atom. The first kappa shape index (κ1) is 19.3. The molecule has 116 valence electrons. The van der Waals surface area contributed by atoms with Crippen molar-refractivity contribution in [1.82, 2.24) is 0 Å². The van der Waals surface area contributed by atoms with Gasteiger partial charge < -0.3 is 4.74 Å². The smallest absolute Gasteiger partial charge is 0.367 e. The van der Waals surface area contributed by atoms with Crippen LogP contribution >= 0.6 is 11.8 Å². The molecule has 1 unspecified atom stereocenters. The normalized spacial score (nSPS) is 14.2. The van der Waals surface area contributed by atoms with Gasteiger partial charge in [-0.2, -0.15) is 0 Å². The molecule has 0 aromatic heterocycles. The zero-order chi connectivity index (χ0) is 15.4. The molecule has 0 amide bonds. The van der Waals surface area contributed by atoms with Crippen LogP contribution < -0.4 is 0 Å². The van der Waals surface area contributed by atoms with Crippen LogP contribution in [-0.4, -0.2) is 17.2 Å². The van der Waals surface area contributed by atoms with E-state index >= 15 is 0 Å². The van der Waals surface area contributed by atoms with Crippen LogP contribution in [0.5, 0.6) is 0 Å². The number of allylic oxidation sites excluding steroid dienone is 4. The van der Waals surface area contributed by atoms with E-state index in [-0.39, 0.29) is 11.4 Å². The molecule has 0 aromatic carbocycles. The zero-order valence-electron chi connectivity index (χ0n) is 13.7. The molecule has 20 heavy (non-hydrogen) atoms. The summed E-state index contributed by atoms with van der Waals surface area (Å²) in [5, 5.41) is -0.152. The molecule has 0 fully saturated rings. The van der Waals surface area contributed by atoms with Gasteiger partial charge in [0.05, 0.1) is 0 Å². The third-order valence-corrected chi connectivity index (χ3v) is 3.84. The van der Waals surface area contributed by atoms with E-state index in [1.54, 1.807) is 0 Å². The number of thioether (sulfide) groups is 1. The average Bonchev–Trinajstić information content (AvgIpc) is 2.38. The maximum Gasteiger partial charge on any atom is 0.367 e. The minimum absolute atomic E-state index is 0.00725. The first-order valence-corrected chi connectivity index (χ1v) is 8.62. The lowest BCUT2D eigenvalue weighted by Gasteiger charge is -2.11. The van der Waals surface area contributed by atoms with E-state index in [2.05, 4.69) is 32.9 Å². The highest BCUT2D eigenvalue weighted by Crippen LogP contribution is 2.13. The van der Waals surface area contributed by atoms with Crippen LogP contribution in [0.2, 0.25) is 0 Å². The molecule has 0 saturated heterocycles. The van der Waals surface area contributed by atoms with Crippen LogP contribution in [0.1, 0.15) is 66.7 Å². The highest BCUT2D eigenvalue weighted by Gasteiger charge is 2.08. The Morgan fingerprint density at radius 2 is 1.80 bits per heavy atom. The van der Waals surface area contributed by atoms with Crippen LogP contribution in [0.25, 0.3) is 0 Å². The van der Waals surface area contributed by atoms with Gasteiger partial charge in [0.1, 0.15) is 6.10 Å². The molecule has 0 spiro atoms. The van der Waals surface area contributed by atoms with Crippen LogP contribution in [0.4, 0.5) is 4.79 Å². The van der Waals surface area contributed by atoms with Crippen molar-refractivity contribution in [1.29, 1.82) is 0 Å². The molecule has 1 atom stereocenters. The summed E-state index contributed by atoms with van der Waals surface area (Å²) >= 11 is 1.23. The molecular weight excluding hydrogens is 268 g/mol. The fourth-order valence-corrected chi connectivity index (χ4v) is 2.20. The second-order valence-electron chi connectivity index (χ2n) is 5.18. The monoisotopic (exact) mass is 298 g/mol. The molecule has 3 heteroatoms. The van der Waals surface area contributed by atoms with Crippen molar-refractivity contribution in [2.75, 3.05) is 5.75 Å². The van der Waals surface area contributed by atoms with E-state index in [0.29, 0.717) is 0 Å². The molecule has 0 bridgehead atoms. The second-order valence-corrected chi connectivity index (χ2v) is 6.38. The van der Waals surface area contributed by atoms with Gasteiger partial charge in [0, 0.05) is 5.75 Å². The summed E-state index contributed by atoms with van der Waals surface area (Å²) in [6.45, 7) is 10.5. The predicted octanol–water partition coefficient (Wildman–Crippen LogP) is 6.13. The van der Waals surface area contributed by atoms with E-state index in [9.17, 15) is 4.79 Å². The Labute approximate surface area is 129 Å². The predicted molar refractivity (Wildman–Crippen MR) is 90.3 cm³/mol. The lowest BCUT2D eigenvalue weighted by atomic mass is 10.1. The van der Waals surface area contributed by atoms with Crippen molar-refractivity contribution in [2.45, 2.75) is 72.8 Å². The Kier molecular flexibility index (Phi) is 11.6. The SMILES string of the molecule is CCSC(=O)OC(C)CC/C=C(\C)CC/C=C(/C)CC. The fourth-order valence-electron chi connectivity index (χ4n) is 1.73. The first-order valence-electron chi connectivity index (χ1n) is 7.64. The second kappa shape index (κ2) is 12.1. The highest BCUT2D eigenvalue weighted by atomic mass is 32.2. The first-order chi connectivity index (χ1) is 9.49. The van der Waals surface area contributed by atoms with Crippen molar-refractivity contribution < 1.29 is 9.53 Å². The van der Waals surface area contributed by atoms with Crippen molar-refractivity contribution in [3.63, 3.8) is 0 Å². The van der Waals surface area contributed by atoms with Crippen LogP contribution in [0, 0.1) is 0 Å². The topological polar surface area (TPSA) is 26.3 Å². The molecule has 0 radical (unpaired) electrons. The number of ether oxygens (including phenoxy) is 1. The average molecular weight is 298 g/mol. The Bertz CT molecular complexity index is 332. The lowest BCUT2D eigenvalue weighted by molar-refractivity contribution is 0.128. The minimum Gasteiger partial charge on any atom is -0.455 e. The summed E-state index contributed by atoms with van der Waals surface area (Å²) in [4.78, 5) is 11.3. The lowest BCUT2D eigenvalue weighted by Crippen LogP contribution is -2.10. The van der Waals surface area contributed by atoms with Crippen LogP contribution in [0.15, 0.2) is 23.3 Å². The molecule has 0 aliphatic carbocycles. The van der Waals surface area contributed by atoms with E-state index < -0.39 is 0 Å². The van der Waals surface area contributed by atoms with Gasteiger partial charge in [-0.3, -0.25) is 0 Å². The molecule has 0 N–H and O–H groups in total. The van der Waals surface area contributed by atoms with E-state index in [1.165, 1.54) is 22.9 Å². The Morgan fingerprint density at radius 3 is 2.40 bits per heavy atom. The minimum atomic E-state index is -0.152. The Hall–Kier alpha value is -0.700. The highest BCUT2D eigenvalue weighted by molar-refractivity contribution is 8.13. The van der Waals surface area contributed by atoms with Gasteiger partial charge in [-0.05, 0) is 64.6 Å². The molecule has 0 rings (SSSR count). The summed E-state index contributed by atoms with van der Waals surface area (Å²) in [5.41, 5.74) is 2.89. The van der Waals surface area contributed by atoms with Crippen molar-refractivity contribution in [3.05, 3.63) is 23.3 Å². The summed E-state index contributed by atoms with van der Waals surface area (Å²) in [5.74, 6) is 0.773. The van der Waals surface area contributed by atoms with E-state index in [1.807, 2.05) is 13.8 Å². The number of carbonyl (C=O) groups excluding carboxylic acids is 1. The summed E-state index contributed by atoms with van der Waals surface area (Å²) in [7, 11) is 0. The standard InChI is InChI=1S/C17H30O2S/c1-6-14(3)10-8-11-15(4)12-9-13-16(5)19-17(18)20-7-2/h10,12,16H,6-9,11,13H2,1-5H3/b14-10-,15-12+. The summed E-state index contributed by atoms with van der Waals surface area (Å²) in [6, 6.07) is 0.